The summed E-state index contributed by atoms with van der Waals surface area (Å²) in [6.45, 7) is 2.68. The molecule has 1 saturated heterocycles. The molecule has 4 aromatic carbocycles. The van der Waals surface area contributed by atoms with Gasteiger partial charge in [0.2, 0.25) is 6.79 Å². The van der Waals surface area contributed by atoms with Crippen molar-refractivity contribution in [1.82, 2.24) is 4.90 Å². The third-order valence-corrected chi connectivity index (χ3v) is 8.66. The maximum Gasteiger partial charge on any atom is 0.417 e. The molecule has 1 fully saturated rings. The normalized spacial score (nSPS) is 17.7. The molecule has 0 spiro atoms. The Hall–Kier alpha value is -5.48. The number of nitrogens with zero attached hydrogens (tertiary/aromatic N) is 1. The highest BCUT2D eigenvalue weighted by Crippen LogP contribution is 2.53. The molecule has 10 heteroatoms. The van der Waals surface area contributed by atoms with E-state index in [2.05, 4.69) is 0 Å². The lowest BCUT2D eigenvalue weighted by atomic mass is 9.86. The zero-order chi connectivity index (χ0) is 33.2. The van der Waals surface area contributed by atoms with E-state index in [1.807, 2.05) is 85.8 Å². The Bertz CT molecular complexity index is 1890. The van der Waals surface area contributed by atoms with Crippen molar-refractivity contribution in [3.63, 3.8) is 0 Å². The van der Waals surface area contributed by atoms with Gasteiger partial charge in [-0.3, -0.25) is 4.79 Å². The molecular formula is C38H35NO9. The van der Waals surface area contributed by atoms with E-state index in [0.29, 0.717) is 52.1 Å². The van der Waals surface area contributed by atoms with Gasteiger partial charge in [-0.2, -0.15) is 0 Å². The number of carbonyl (C=O) groups is 2. The van der Waals surface area contributed by atoms with E-state index in [1.165, 1.54) is 12.0 Å². The molecule has 0 radical (unpaired) electrons. The van der Waals surface area contributed by atoms with Crippen LogP contribution in [-0.4, -0.2) is 57.9 Å². The molecule has 0 saturated carbocycles. The van der Waals surface area contributed by atoms with Crippen LogP contribution in [-0.2, 0) is 14.3 Å². The second-order valence-corrected chi connectivity index (χ2v) is 11.5. The third kappa shape index (κ3) is 5.58. The monoisotopic (exact) mass is 649 g/mol. The van der Waals surface area contributed by atoms with Crippen LogP contribution in [0.4, 0.5) is 4.79 Å². The Balaban J connectivity index is 1.49. The van der Waals surface area contributed by atoms with Gasteiger partial charge in [0, 0.05) is 35.8 Å². The Labute approximate surface area is 278 Å². The lowest BCUT2D eigenvalue weighted by molar-refractivity contribution is -0.125. The predicted octanol–water partition coefficient (Wildman–Crippen LogP) is 6.86. The molecular weight excluding hydrogens is 614 g/mol. The van der Waals surface area contributed by atoms with E-state index in [0.717, 1.165) is 28.7 Å². The van der Waals surface area contributed by atoms with Gasteiger partial charge < -0.3 is 33.2 Å². The van der Waals surface area contributed by atoms with E-state index in [9.17, 15) is 4.79 Å². The standard InChI is InChI=1S/C38H35NO9/c1-4-16-44-26-12-13-27-29(18-26)35(28-14-11-25(43-3)19-32(28)46-21-42-2)36(34(27)24-10-15-31-33(17-24)48-22-47-31)37(40)39-30(20-45-38(39)41)23-8-6-5-7-9-23/h5-15,17-19,30,34H,4,16,20-22H2,1-3H3/t30-,34+/m1/s1. The molecule has 48 heavy (non-hydrogen) atoms. The minimum Gasteiger partial charge on any atom is -0.497 e. The minimum absolute atomic E-state index is 0.0383. The van der Waals surface area contributed by atoms with Crippen molar-refractivity contribution in [2.75, 3.05) is 41.0 Å². The molecule has 2 aliphatic heterocycles. The summed E-state index contributed by atoms with van der Waals surface area (Å²) in [5.41, 5.74) is 4.80. The maximum absolute atomic E-state index is 15.2. The van der Waals surface area contributed by atoms with Crippen molar-refractivity contribution >= 4 is 17.6 Å². The van der Waals surface area contributed by atoms with Crippen LogP contribution in [0.2, 0.25) is 0 Å². The van der Waals surface area contributed by atoms with Crippen LogP contribution >= 0.6 is 0 Å². The molecule has 246 valence electrons. The van der Waals surface area contributed by atoms with E-state index >= 15 is 4.79 Å². The molecule has 2 amide bonds. The summed E-state index contributed by atoms with van der Waals surface area (Å²) < 4.78 is 39.9. The summed E-state index contributed by atoms with van der Waals surface area (Å²) in [4.78, 5) is 29.9. The second kappa shape index (κ2) is 13.3. The van der Waals surface area contributed by atoms with E-state index in [-0.39, 0.29) is 20.2 Å². The van der Waals surface area contributed by atoms with E-state index in [4.69, 9.17) is 33.2 Å². The van der Waals surface area contributed by atoms with Crippen LogP contribution in [0.1, 0.15) is 53.1 Å². The topological polar surface area (TPSA) is 102 Å². The highest BCUT2D eigenvalue weighted by Gasteiger charge is 2.46. The van der Waals surface area contributed by atoms with Gasteiger partial charge in [0.05, 0.1) is 13.7 Å². The fourth-order valence-corrected chi connectivity index (χ4v) is 6.49. The first-order valence-corrected chi connectivity index (χ1v) is 15.8. The predicted molar refractivity (Wildman–Crippen MR) is 176 cm³/mol. The fraction of sp³-hybridized carbons (Fsp3) is 0.263. The van der Waals surface area contributed by atoms with Gasteiger partial charge in [0.1, 0.15) is 29.9 Å². The molecule has 10 nitrogen and oxygen atoms in total. The number of amides is 2. The van der Waals surface area contributed by atoms with Crippen molar-refractivity contribution in [3.05, 3.63) is 118 Å². The Morgan fingerprint density at radius 1 is 0.833 bits per heavy atom. The number of rotatable bonds is 11. The molecule has 2 heterocycles. The lowest BCUT2D eigenvalue weighted by Crippen LogP contribution is -2.36. The third-order valence-electron chi connectivity index (χ3n) is 8.66. The summed E-state index contributed by atoms with van der Waals surface area (Å²) in [7, 11) is 3.11. The SMILES string of the molecule is CCCOc1ccc2c(c1)C(c1ccc(OC)cc1OCOC)=C(C(=O)N1C(=O)OC[C@@H]1c1ccccc1)[C@H]2c1ccc2c(c1)OCO2. The van der Waals surface area contributed by atoms with Crippen molar-refractivity contribution in [3.8, 4) is 28.7 Å². The Morgan fingerprint density at radius 3 is 2.44 bits per heavy atom. The average Bonchev–Trinajstić information content (AvgIpc) is 3.84. The van der Waals surface area contributed by atoms with Crippen LogP contribution in [0, 0.1) is 0 Å². The number of fused-ring (bicyclic) bond motifs is 2. The largest absolute Gasteiger partial charge is 0.497 e. The molecule has 7 rings (SSSR count). The van der Waals surface area contributed by atoms with Crippen molar-refractivity contribution in [2.24, 2.45) is 0 Å². The highest BCUT2D eigenvalue weighted by molar-refractivity contribution is 6.14. The second-order valence-electron chi connectivity index (χ2n) is 11.5. The molecule has 2 atom stereocenters. The van der Waals surface area contributed by atoms with Crippen LogP contribution in [0.3, 0.4) is 0 Å². The first-order valence-electron chi connectivity index (χ1n) is 15.8. The zero-order valence-corrected chi connectivity index (χ0v) is 26.9. The molecule has 0 unspecified atom stereocenters. The van der Waals surface area contributed by atoms with Gasteiger partial charge in [0.15, 0.2) is 18.3 Å². The van der Waals surface area contributed by atoms with Gasteiger partial charge in [-0.25, -0.2) is 9.69 Å². The molecule has 4 aromatic rings. The van der Waals surface area contributed by atoms with Gasteiger partial charge >= 0.3 is 6.09 Å². The molecule has 1 aliphatic carbocycles. The zero-order valence-electron chi connectivity index (χ0n) is 26.9. The van der Waals surface area contributed by atoms with Gasteiger partial charge in [-0.1, -0.05) is 49.4 Å². The van der Waals surface area contributed by atoms with Crippen LogP contribution in [0.5, 0.6) is 28.7 Å². The van der Waals surface area contributed by atoms with Crippen molar-refractivity contribution < 1.29 is 42.7 Å². The summed E-state index contributed by atoms with van der Waals surface area (Å²) in [6, 6.07) is 25.7. The average molecular weight is 650 g/mol. The van der Waals surface area contributed by atoms with Gasteiger partial charge in [-0.15, -0.1) is 0 Å². The van der Waals surface area contributed by atoms with Crippen LogP contribution < -0.4 is 23.7 Å². The number of hydrogen-bond acceptors (Lipinski definition) is 9. The number of benzene rings is 4. The Kier molecular flexibility index (Phi) is 8.65. The number of imide groups is 1. The van der Waals surface area contributed by atoms with Crippen LogP contribution in [0.15, 0.2) is 90.5 Å². The first-order chi connectivity index (χ1) is 23.5. The van der Waals surface area contributed by atoms with E-state index in [1.54, 1.807) is 13.2 Å². The van der Waals surface area contributed by atoms with Crippen LogP contribution in [0.25, 0.3) is 5.57 Å². The highest BCUT2D eigenvalue weighted by atomic mass is 16.7. The summed E-state index contributed by atoms with van der Waals surface area (Å²) in [5.74, 6) is 1.78. The van der Waals surface area contributed by atoms with Crippen molar-refractivity contribution in [2.45, 2.75) is 25.3 Å². The number of ether oxygens (including phenoxy) is 7. The molecule has 0 aromatic heterocycles. The number of hydrogen-bond donors (Lipinski definition) is 0. The lowest BCUT2D eigenvalue weighted by Gasteiger charge is -2.25. The van der Waals surface area contributed by atoms with Crippen molar-refractivity contribution in [1.29, 1.82) is 0 Å². The maximum atomic E-state index is 15.2. The summed E-state index contributed by atoms with van der Waals surface area (Å²) in [5, 5.41) is 0. The van der Waals surface area contributed by atoms with Gasteiger partial charge in [0.25, 0.3) is 5.91 Å². The smallest absolute Gasteiger partial charge is 0.417 e. The van der Waals surface area contributed by atoms with Gasteiger partial charge in [-0.05, 0) is 65.1 Å². The molecule has 0 N–H and O–H groups in total. The summed E-state index contributed by atoms with van der Waals surface area (Å²) >= 11 is 0. The summed E-state index contributed by atoms with van der Waals surface area (Å²) in [6.07, 6.45) is 0.119. The first kappa shape index (κ1) is 31.1. The molecule has 3 aliphatic rings. The van der Waals surface area contributed by atoms with E-state index < -0.39 is 24.0 Å². The number of carbonyl (C=O) groups excluding carboxylic acids is 2. The number of cyclic esters (lactones) is 1. The fourth-order valence-electron chi connectivity index (χ4n) is 6.49. The Morgan fingerprint density at radius 2 is 1.65 bits per heavy atom. The minimum atomic E-state index is -0.710. The quantitative estimate of drug-likeness (QED) is 0.161. The number of methoxy groups -OCH3 is 2. The molecule has 0 bridgehead atoms.